The van der Waals surface area contributed by atoms with E-state index in [0.29, 0.717) is 47.9 Å². The summed E-state index contributed by atoms with van der Waals surface area (Å²) in [7, 11) is -3.49. The number of nitrogens with zero attached hydrogens (tertiary/aromatic N) is 3. The van der Waals surface area contributed by atoms with E-state index in [0.717, 1.165) is 5.56 Å². The number of nitrogen functional groups attached to an aromatic ring is 1. The van der Waals surface area contributed by atoms with Crippen molar-refractivity contribution >= 4 is 21.4 Å². The maximum absolute atomic E-state index is 12.8. The molecular formula is C22H26N4O3S. The molecule has 30 heavy (non-hydrogen) atoms. The lowest BCUT2D eigenvalue weighted by Gasteiger charge is -2.31. The molecule has 0 amide bonds. The van der Waals surface area contributed by atoms with Gasteiger partial charge in [0.2, 0.25) is 10.0 Å². The number of hydrogen-bond acceptors (Lipinski definition) is 6. The Labute approximate surface area is 177 Å². The number of rotatable bonds is 7. The van der Waals surface area contributed by atoms with Gasteiger partial charge in [0.15, 0.2) is 0 Å². The van der Waals surface area contributed by atoms with Gasteiger partial charge >= 0.3 is 0 Å². The molecule has 1 aliphatic rings. The molecule has 2 aromatic rings. The Morgan fingerprint density at radius 1 is 1.20 bits per heavy atom. The van der Waals surface area contributed by atoms with E-state index in [2.05, 4.69) is 16.8 Å². The number of hydrogen-bond donors (Lipinski definition) is 2. The highest BCUT2D eigenvalue weighted by Gasteiger charge is 2.30. The SMILES string of the molecule is C=C(/C=C\C=C/CO)c1cc(C2CCN(S(=O)(=O)c3ccccc3)CC2)c(N)nn1. The monoisotopic (exact) mass is 426 g/mol. The summed E-state index contributed by atoms with van der Waals surface area (Å²) in [5.74, 6) is 0.465. The van der Waals surface area contributed by atoms with E-state index in [1.165, 1.54) is 4.31 Å². The van der Waals surface area contributed by atoms with E-state index in [9.17, 15) is 8.42 Å². The van der Waals surface area contributed by atoms with Crippen molar-refractivity contribution in [1.82, 2.24) is 14.5 Å². The van der Waals surface area contributed by atoms with Crippen LogP contribution >= 0.6 is 0 Å². The molecule has 7 nitrogen and oxygen atoms in total. The molecule has 0 atom stereocenters. The first kappa shape index (κ1) is 21.9. The predicted octanol–water partition coefficient (Wildman–Crippen LogP) is 2.75. The number of benzene rings is 1. The van der Waals surface area contributed by atoms with E-state index in [-0.39, 0.29) is 12.5 Å². The number of piperidine rings is 1. The summed E-state index contributed by atoms with van der Waals surface area (Å²) in [4.78, 5) is 0.314. The highest BCUT2D eigenvalue weighted by molar-refractivity contribution is 7.89. The second kappa shape index (κ2) is 9.80. The first-order chi connectivity index (χ1) is 14.4. The van der Waals surface area contributed by atoms with Crippen LogP contribution in [-0.2, 0) is 10.0 Å². The van der Waals surface area contributed by atoms with Crippen LogP contribution in [0.5, 0.6) is 0 Å². The van der Waals surface area contributed by atoms with Crippen LogP contribution in [0.25, 0.3) is 5.57 Å². The van der Waals surface area contributed by atoms with Crippen molar-refractivity contribution in [1.29, 1.82) is 0 Å². The minimum Gasteiger partial charge on any atom is -0.392 e. The van der Waals surface area contributed by atoms with E-state index in [1.54, 1.807) is 54.6 Å². The average molecular weight is 427 g/mol. The second-order valence-electron chi connectivity index (χ2n) is 7.06. The van der Waals surface area contributed by atoms with Gasteiger partial charge in [-0.1, -0.05) is 49.1 Å². The molecule has 0 aliphatic carbocycles. The molecule has 3 rings (SSSR count). The molecule has 158 valence electrons. The Morgan fingerprint density at radius 2 is 1.90 bits per heavy atom. The lowest BCUT2D eigenvalue weighted by molar-refractivity contribution is 0.319. The Hall–Kier alpha value is -2.81. The molecule has 2 heterocycles. The maximum Gasteiger partial charge on any atom is 0.243 e. The van der Waals surface area contributed by atoms with Gasteiger partial charge in [-0.2, -0.15) is 4.31 Å². The summed E-state index contributed by atoms with van der Waals surface area (Å²) < 4.78 is 27.2. The van der Waals surface area contributed by atoms with Crippen molar-refractivity contribution in [3.8, 4) is 0 Å². The van der Waals surface area contributed by atoms with Crippen molar-refractivity contribution in [3.05, 3.63) is 78.5 Å². The zero-order valence-corrected chi connectivity index (χ0v) is 17.5. The highest BCUT2D eigenvalue weighted by atomic mass is 32.2. The Kier molecular flexibility index (Phi) is 7.15. The zero-order chi connectivity index (χ0) is 21.6. The van der Waals surface area contributed by atoms with Crippen LogP contribution in [0.4, 0.5) is 5.82 Å². The molecule has 1 aliphatic heterocycles. The van der Waals surface area contributed by atoms with Crippen LogP contribution in [-0.4, -0.2) is 47.7 Å². The third-order valence-electron chi connectivity index (χ3n) is 5.11. The van der Waals surface area contributed by atoms with Gasteiger partial charge < -0.3 is 10.8 Å². The number of anilines is 1. The van der Waals surface area contributed by atoms with Gasteiger partial charge in [0.1, 0.15) is 5.82 Å². The topological polar surface area (TPSA) is 109 Å². The van der Waals surface area contributed by atoms with Crippen LogP contribution in [0.1, 0.15) is 30.0 Å². The predicted molar refractivity (Wildman–Crippen MR) is 118 cm³/mol. The molecule has 0 unspecified atom stereocenters. The fourth-order valence-corrected chi connectivity index (χ4v) is 4.94. The van der Waals surface area contributed by atoms with Crippen LogP contribution in [0.15, 0.2) is 72.2 Å². The van der Waals surface area contributed by atoms with Gasteiger partial charge in [-0.05, 0) is 42.5 Å². The molecular weight excluding hydrogens is 400 g/mol. The number of allylic oxidation sites excluding steroid dienone is 4. The minimum absolute atomic E-state index is 0.0265. The molecule has 8 heteroatoms. The lowest BCUT2D eigenvalue weighted by Crippen LogP contribution is -2.38. The van der Waals surface area contributed by atoms with E-state index >= 15 is 0 Å². The fourth-order valence-electron chi connectivity index (χ4n) is 3.44. The van der Waals surface area contributed by atoms with E-state index in [1.807, 2.05) is 6.07 Å². The fraction of sp³-hybridized carbons (Fsp3) is 0.273. The van der Waals surface area contributed by atoms with Gasteiger partial charge in [-0.25, -0.2) is 8.42 Å². The summed E-state index contributed by atoms with van der Waals surface area (Å²) in [5, 5.41) is 17.0. The second-order valence-corrected chi connectivity index (χ2v) is 8.99. The number of aliphatic hydroxyl groups is 1. The third-order valence-corrected chi connectivity index (χ3v) is 7.02. The van der Waals surface area contributed by atoms with Crippen molar-refractivity contribution in [2.24, 2.45) is 0 Å². The highest BCUT2D eigenvalue weighted by Crippen LogP contribution is 2.33. The Balaban J connectivity index is 1.72. The molecule has 0 bridgehead atoms. The van der Waals surface area contributed by atoms with Crippen molar-refractivity contribution < 1.29 is 13.5 Å². The Bertz CT molecular complexity index is 1040. The first-order valence-electron chi connectivity index (χ1n) is 9.75. The van der Waals surface area contributed by atoms with Crippen LogP contribution < -0.4 is 5.73 Å². The molecule has 1 fully saturated rings. The molecule has 1 aromatic heterocycles. The number of sulfonamides is 1. The summed E-state index contributed by atoms with van der Waals surface area (Å²) in [5.41, 5.74) is 8.25. The average Bonchev–Trinajstić information content (AvgIpc) is 2.77. The molecule has 0 saturated carbocycles. The van der Waals surface area contributed by atoms with Gasteiger partial charge in [0.25, 0.3) is 0 Å². The van der Waals surface area contributed by atoms with Crippen molar-refractivity contribution in [3.63, 3.8) is 0 Å². The number of nitrogens with two attached hydrogens (primary N) is 1. The van der Waals surface area contributed by atoms with Crippen LogP contribution in [0.2, 0.25) is 0 Å². The summed E-state index contributed by atoms with van der Waals surface area (Å²) in [6, 6.07) is 10.4. The molecule has 0 radical (unpaired) electrons. The smallest absolute Gasteiger partial charge is 0.243 e. The lowest BCUT2D eigenvalue weighted by atomic mass is 9.90. The van der Waals surface area contributed by atoms with Gasteiger partial charge in [0.05, 0.1) is 17.2 Å². The molecule has 1 aromatic carbocycles. The Morgan fingerprint density at radius 3 is 2.57 bits per heavy atom. The quantitative estimate of drug-likeness (QED) is 0.659. The molecule has 3 N–H and O–H groups in total. The number of aliphatic hydroxyl groups excluding tert-OH is 1. The van der Waals surface area contributed by atoms with Gasteiger partial charge in [-0.15, -0.1) is 10.2 Å². The third kappa shape index (κ3) is 5.02. The summed E-state index contributed by atoms with van der Waals surface area (Å²) in [6.07, 6.45) is 8.20. The largest absolute Gasteiger partial charge is 0.392 e. The van der Waals surface area contributed by atoms with E-state index in [4.69, 9.17) is 10.8 Å². The zero-order valence-electron chi connectivity index (χ0n) is 16.7. The summed E-state index contributed by atoms with van der Waals surface area (Å²) in [6.45, 7) is 4.82. The normalized spacial score (nSPS) is 16.4. The van der Waals surface area contributed by atoms with Crippen LogP contribution in [0.3, 0.4) is 0 Å². The van der Waals surface area contributed by atoms with E-state index < -0.39 is 10.0 Å². The van der Waals surface area contributed by atoms with Crippen molar-refractivity contribution in [2.75, 3.05) is 25.4 Å². The van der Waals surface area contributed by atoms with Crippen molar-refractivity contribution in [2.45, 2.75) is 23.7 Å². The summed E-state index contributed by atoms with van der Waals surface area (Å²) >= 11 is 0. The maximum atomic E-state index is 12.8. The van der Waals surface area contributed by atoms with Gasteiger partial charge in [-0.3, -0.25) is 0 Å². The minimum atomic E-state index is -3.49. The molecule has 1 saturated heterocycles. The van der Waals surface area contributed by atoms with Gasteiger partial charge in [0, 0.05) is 18.7 Å². The molecule has 0 spiro atoms. The first-order valence-corrected chi connectivity index (χ1v) is 11.2. The standard InChI is InChI=1S/C22H26N4O3S/c1-17(8-4-3-7-15-27)21-16-20(22(23)25-24-21)18-11-13-26(14-12-18)30(28,29)19-9-5-2-6-10-19/h2-10,16,18,27H,1,11-15H2,(H2,23,25)/b7-3-,8-4-. The number of aromatic nitrogens is 2. The van der Waals surface area contributed by atoms with Crippen LogP contribution in [0, 0.1) is 0 Å².